The summed E-state index contributed by atoms with van der Waals surface area (Å²) in [7, 11) is 4.64. The van der Waals surface area contributed by atoms with E-state index in [1.165, 1.54) is 7.11 Å². The van der Waals surface area contributed by atoms with Gasteiger partial charge in [-0.15, -0.1) is 0 Å². The molecule has 0 unspecified atom stereocenters. The molecule has 1 heterocycles. The number of hydrogen-bond donors (Lipinski definition) is 0. The number of hydrogen-bond acceptors (Lipinski definition) is 7. The molecule has 0 bridgehead atoms. The van der Waals surface area contributed by atoms with Gasteiger partial charge < -0.3 is 23.4 Å². The van der Waals surface area contributed by atoms with Crippen molar-refractivity contribution in [2.45, 2.75) is 20.3 Å². The molecule has 0 saturated carbocycles. The van der Waals surface area contributed by atoms with Crippen LogP contribution in [0.4, 0.5) is 0 Å². The first-order valence-corrected chi connectivity index (χ1v) is 10.1. The van der Waals surface area contributed by atoms with Gasteiger partial charge in [-0.3, -0.25) is 9.59 Å². The van der Waals surface area contributed by atoms with E-state index in [1.54, 1.807) is 52.3 Å². The van der Waals surface area contributed by atoms with Crippen LogP contribution in [0.2, 0.25) is 0 Å². The normalized spacial score (nSPS) is 11.0. The number of rotatable bonds is 8. The van der Waals surface area contributed by atoms with Crippen molar-refractivity contribution < 1.29 is 28.2 Å². The highest BCUT2D eigenvalue weighted by Crippen LogP contribution is 2.31. The molecule has 0 fully saturated rings. The van der Waals surface area contributed by atoms with Crippen LogP contribution in [-0.2, 0) is 16.0 Å². The number of esters is 1. The van der Waals surface area contributed by atoms with Gasteiger partial charge in [-0.05, 0) is 49.8 Å². The Kier molecular flexibility index (Phi) is 7.20. The number of ether oxygens (including phenoxy) is 4. The van der Waals surface area contributed by atoms with Gasteiger partial charge in [0, 0.05) is 11.1 Å². The molecule has 0 atom stereocenters. The summed E-state index contributed by atoms with van der Waals surface area (Å²) in [5.74, 6) is 1.62. The van der Waals surface area contributed by atoms with E-state index in [2.05, 4.69) is 0 Å². The smallest absolute Gasteiger partial charge is 0.310 e. The standard InChI is InChI=1S/C25H26O7/c1-6-31-23(26)14-18-20(28-3)12-9-17-24(27)15(2)19(32-25(17)18)10-7-16-8-11-21(29-4)22(13-16)30-5/h7-13H,6,14H2,1-5H3/b10-7+. The Labute approximate surface area is 186 Å². The molecule has 32 heavy (non-hydrogen) atoms. The Morgan fingerprint density at radius 2 is 1.66 bits per heavy atom. The van der Waals surface area contributed by atoms with Crippen LogP contribution in [0.1, 0.15) is 29.4 Å². The first-order chi connectivity index (χ1) is 15.4. The van der Waals surface area contributed by atoms with Gasteiger partial charge in [0.1, 0.15) is 17.1 Å². The van der Waals surface area contributed by atoms with Gasteiger partial charge in [-0.2, -0.15) is 0 Å². The van der Waals surface area contributed by atoms with Gasteiger partial charge in [0.15, 0.2) is 16.9 Å². The molecule has 0 amide bonds. The molecule has 3 aromatic rings. The Morgan fingerprint density at radius 1 is 0.969 bits per heavy atom. The average molecular weight is 438 g/mol. The van der Waals surface area contributed by atoms with Crippen molar-refractivity contribution in [3.63, 3.8) is 0 Å². The first-order valence-electron chi connectivity index (χ1n) is 10.1. The number of benzene rings is 2. The Hall–Kier alpha value is -3.74. The van der Waals surface area contributed by atoms with E-state index in [9.17, 15) is 9.59 Å². The minimum Gasteiger partial charge on any atom is -0.496 e. The van der Waals surface area contributed by atoms with Gasteiger partial charge in [0.25, 0.3) is 0 Å². The third-order valence-electron chi connectivity index (χ3n) is 5.07. The maximum Gasteiger partial charge on any atom is 0.310 e. The number of methoxy groups -OCH3 is 3. The molecule has 2 aromatic carbocycles. The van der Waals surface area contributed by atoms with Crippen LogP contribution in [-0.4, -0.2) is 33.9 Å². The van der Waals surface area contributed by atoms with Crippen molar-refractivity contribution in [1.29, 1.82) is 0 Å². The predicted molar refractivity (Wildman–Crippen MR) is 123 cm³/mol. The van der Waals surface area contributed by atoms with Gasteiger partial charge >= 0.3 is 5.97 Å². The second kappa shape index (κ2) is 10.0. The van der Waals surface area contributed by atoms with E-state index in [0.29, 0.717) is 45.1 Å². The molecular weight excluding hydrogens is 412 g/mol. The number of carbonyl (C=O) groups excluding carboxylic acids is 1. The van der Waals surface area contributed by atoms with Gasteiger partial charge in [0.2, 0.25) is 0 Å². The van der Waals surface area contributed by atoms with Crippen molar-refractivity contribution in [2.24, 2.45) is 0 Å². The zero-order valence-corrected chi connectivity index (χ0v) is 18.8. The van der Waals surface area contributed by atoms with Crippen molar-refractivity contribution in [3.05, 3.63) is 63.0 Å². The molecule has 0 saturated heterocycles. The van der Waals surface area contributed by atoms with Crippen LogP contribution in [0.15, 0.2) is 39.5 Å². The van der Waals surface area contributed by atoms with E-state index < -0.39 is 5.97 Å². The Morgan fingerprint density at radius 3 is 2.31 bits per heavy atom. The van der Waals surface area contributed by atoms with E-state index in [0.717, 1.165) is 5.56 Å². The largest absolute Gasteiger partial charge is 0.496 e. The third kappa shape index (κ3) is 4.61. The highest BCUT2D eigenvalue weighted by Gasteiger charge is 2.19. The number of carbonyl (C=O) groups is 1. The summed E-state index contributed by atoms with van der Waals surface area (Å²) >= 11 is 0. The molecule has 0 aliphatic carbocycles. The fraction of sp³-hybridized carbons (Fsp3) is 0.280. The summed E-state index contributed by atoms with van der Waals surface area (Å²) in [6.07, 6.45) is 3.45. The maximum absolute atomic E-state index is 13.0. The van der Waals surface area contributed by atoms with Crippen LogP contribution in [0.3, 0.4) is 0 Å². The second-order valence-corrected chi connectivity index (χ2v) is 6.97. The predicted octanol–water partition coefficient (Wildman–Crippen LogP) is 4.40. The summed E-state index contributed by atoms with van der Waals surface area (Å²) < 4.78 is 27.2. The fourth-order valence-electron chi connectivity index (χ4n) is 3.41. The Balaban J connectivity index is 2.11. The first kappa shape index (κ1) is 22.9. The quantitative estimate of drug-likeness (QED) is 0.482. The lowest BCUT2D eigenvalue weighted by molar-refractivity contribution is -0.142. The molecule has 3 rings (SSSR count). The second-order valence-electron chi connectivity index (χ2n) is 6.97. The van der Waals surface area contributed by atoms with Gasteiger partial charge in [0.05, 0.1) is 39.7 Å². The summed E-state index contributed by atoms with van der Waals surface area (Å²) in [5, 5.41) is 0.380. The molecule has 0 aliphatic rings. The summed E-state index contributed by atoms with van der Waals surface area (Å²) in [6.45, 7) is 3.70. The minimum atomic E-state index is -0.427. The van der Waals surface area contributed by atoms with Crippen LogP contribution in [0, 0.1) is 6.92 Å². The molecular formula is C25H26O7. The van der Waals surface area contributed by atoms with Crippen LogP contribution in [0.25, 0.3) is 23.1 Å². The topological polar surface area (TPSA) is 84.2 Å². The van der Waals surface area contributed by atoms with E-state index in [4.69, 9.17) is 23.4 Å². The summed E-state index contributed by atoms with van der Waals surface area (Å²) in [4.78, 5) is 25.2. The molecule has 7 nitrogen and oxygen atoms in total. The fourth-order valence-corrected chi connectivity index (χ4v) is 3.41. The van der Waals surface area contributed by atoms with Crippen LogP contribution < -0.4 is 19.6 Å². The molecule has 0 spiro atoms. The lowest BCUT2D eigenvalue weighted by Crippen LogP contribution is -2.12. The zero-order chi connectivity index (χ0) is 23.3. The molecule has 7 heteroatoms. The van der Waals surface area contributed by atoms with Crippen molar-refractivity contribution in [2.75, 3.05) is 27.9 Å². The van der Waals surface area contributed by atoms with E-state index >= 15 is 0 Å². The highest BCUT2D eigenvalue weighted by atomic mass is 16.5. The summed E-state index contributed by atoms with van der Waals surface area (Å²) in [6, 6.07) is 8.78. The molecule has 0 aliphatic heterocycles. The zero-order valence-electron chi connectivity index (χ0n) is 18.8. The van der Waals surface area contributed by atoms with Gasteiger partial charge in [-0.1, -0.05) is 12.1 Å². The van der Waals surface area contributed by atoms with Crippen molar-refractivity contribution in [1.82, 2.24) is 0 Å². The molecule has 168 valence electrons. The third-order valence-corrected chi connectivity index (χ3v) is 5.07. The highest BCUT2D eigenvalue weighted by molar-refractivity contribution is 5.88. The summed E-state index contributed by atoms with van der Waals surface area (Å²) in [5.41, 5.74) is 1.90. The van der Waals surface area contributed by atoms with Crippen LogP contribution >= 0.6 is 0 Å². The Bertz CT molecular complexity index is 1220. The molecule has 0 radical (unpaired) electrons. The maximum atomic E-state index is 13.0. The van der Waals surface area contributed by atoms with Crippen LogP contribution in [0.5, 0.6) is 17.2 Å². The van der Waals surface area contributed by atoms with E-state index in [1.807, 2.05) is 18.2 Å². The SMILES string of the molecule is CCOC(=O)Cc1c(OC)ccc2c(=O)c(C)c(/C=C/c3ccc(OC)c(OC)c3)oc12. The minimum absolute atomic E-state index is 0.0703. The lowest BCUT2D eigenvalue weighted by atomic mass is 10.0. The number of fused-ring (bicyclic) bond motifs is 1. The van der Waals surface area contributed by atoms with Crippen molar-refractivity contribution in [3.8, 4) is 17.2 Å². The van der Waals surface area contributed by atoms with E-state index in [-0.39, 0.29) is 18.5 Å². The molecule has 0 N–H and O–H groups in total. The lowest BCUT2D eigenvalue weighted by Gasteiger charge is -2.12. The van der Waals surface area contributed by atoms with Crippen molar-refractivity contribution >= 4 is 29.1 Å². The molecule has 1 aromatic heterocycles. The van der Waals surface area contributed by atoms with Gasteiger partial charge in [-0.25, -0.2) is 0 Å². The monoisotopic (exact) mass is 438 g/mol. The average Bonchev–Trinajstić information content (AvgIpc) is 2.80.